The molecular formula is C26H36N6O10. The van der Waals surface area contributed by atoms with Crippen molar-refractivity contribution in [3.63, 3.8) is 0 Å². The number of aliphatic carboxylic acids is 2. The third-order valence-corrected chi connectivity index (χ3v) is 5.86. The second-order valence-electron chi connectivity index (χ2n) is 9.41. The number of carbonyl (C=O) groups is 8. The van der Waals surface area contributed by atoms with Crippen LogP contribution in [0.3, 0.4) is 0 Å². The average Bonchev–Trinajstić information content (AvgIpc) is 2.90. The molecule has 4 atom stereocenters. The molecule has 0 heterocycles. The van der Waals surface area contributed by atoms with Crippen molar-refractivity contribution in [3.05, 3.63) is 35.9 Å². The minimum atomic E-state index is -1.56. The summed E-state index contributed by atoms with van der Waals surface area (Å²) in [6.45, 7) is 1.19. The van der Waals surface area contributed by atoms with Gasteiger partial charge in [-0.15, -0.1) is 0 Å². The van der Waals surface area contributed by atoms with Gasteiger partial charge in [0.2, 0.25) is 35.4 Å². The highest BCUT2D eigenvalue weighted by molar-refractivity contribution is 5.95. The molecule has 10 N–H and O–H groups in total. The molecule has 0 saturated heterocycles. The van der Waals surface area contributed by atoms with E-state index in [1.807, 2.05) is 0 Å². The lowest BCUT2D eigenvalue weighted by molar-refractivity contribution is -0.142. The van der Waals surface area contributed by atoms with Gasteiger partial charge in [-0.1, -0.05) is 30.3 Å². The predicted molar refractivity (Wildman–Crippen MR) is 145 cm³/mol. The maximum Gasteiger partial charge on any atom is 0.326 e. The highest BCUT2D eigenvalue weighted by atomic mass is 16.4. The lowest BCUT2D eigenvalue weighted by atomic mass is 10.0. The van der Waals surface area contributed by atoms with Gasteiger partial charge >= 0.3 is 11.9 Å². The first-order valence-corrected chi connectivity index (χ1v) is 12.9. The van der Waals surface area contributed by atoms with Crippen molar-refractivity contribution >= 4 is 47.4 Å². The predicted octanol–water partition coefficient (Wildman–Crippen LogP) is -2.33. The van der Waals surface area contributed by atoms with E-state index >= 15 is 0 Å². The summed E-state index contributed by atoms with van der Waals surface area (Å²) >= 11 is 0. The molecule has 16 nitrogen and oxygen atoms in total. The molecule has 0 saturated carbocycles. The fourth-order valence-corrected chi connectivity index (χ4v) is 3.76. The van der Waals surface area contributed by atoms with Gasteiger partial charge in [0.25, 0.3) is 0 Å². The number of nitrogens with one attached hydrogen (secondary N) is 4. The fraction of sp³-hybridized carbons (Fsp3) is 0.462. The maximum absolute atomic E-state index is 13.2. The van der Waals surface area contributed by atoms with Crippen molar-refractivity contribution < 1.29 is 48.6 Å². The van der Waals surface area contributed by atoms with Crippen molar-refractivity contribution in [2.45, 2.75) is 76.0 Å². The van der Waals surface area contributed by atoms with Crippen LogP contribution in [0.5, 0.6) is 0 Å². The molecule has 0 fully saturated rings. The third-order valence-electron chi connectivity index (χ3n) is 5.86. The van der Waals surface area contributed by atoms with Crippen LogP contribution in [0.25, 0.3) is 0 Å². The van der Waals surface area contributed by atoms with E-state index in [1.165, 1.54) is 6.92 Å². The first-order valence-electron chi connectivity index (χ1n) is 12.9. The minimum absolute atomic E-state index is 0.0467. The van der Waals surface area contributed by atoms with Crippen molar-refractivity contribution in [1.29, 1.82) is 0 Å². The summed E-state index contributed by atoms with van der Waals surface area (Å²) in [6.07, 6.45) is -2.40. The Bertz CT molecular complexity index is 1160. The van der Waals surface area contributed by atoms with Crippen LogP contribution in [0.4, 0.5) is 0 Å². The molecule has 0 radical (unpaired) electrons. The standard InChI is InChI=1S/C26H36N6O10/c1-14(33)29-19(13-15-5-3-2-4-6-15)25(40)31-17(9-12-22(36)37)23(38)30-16(7-10-20(27)34)24(39)32-18(26(41)42)8-11-21(28)35/h2-6,16-19H,7-13H2,1H3,(H2,27,34)(H2,28,35)(H,29,33)(H,30,38)(H,31,40)(H,32,39)(H,36,37)(H,41,42)/t16-,17-,18-,19-/m0/s1. The SMILES string of the molecule is CC(=O)N[C@@H](Cc1ccccc1)C(=O)N[C@@H](CCC(=O)O)C(=O)N[C@@H](CCC(N)=O)C(=O)N[C@@H](CCC(N)=O)C(=O)O. The molecule has 0 unspecified atom stereocenters. The molecule has 230 valence electrons. The number of amides is 6. The molecule has 0 aliphatic heterocycles. The van der Waals surface area contributed by atoms with E-state index < -0.39 is 90.8 Å². The van der Waals surface area contributed by atoms with Crippen LogP contribution in [0, 0.1) is 0 Å². The molecule has 16 heteroatoms. The van der Waals surface area contributed by atoms with Gasteiger partial charge in [0.1, 0.15) is 24.2 Å². The van der Waals surface area contributed by atoms with Crippen LogP contribution < -0.4 is 32.7 Å². The molecule has 0 aliphatic carbocycles. The Morgan fingerprint density at radius 3 is 1.50 bits per heavy atom. The van der Waals surface area contributed by atoms with E-state index in [2.05, 4.69) is 21.3 Å². The van der Waals surface area contributed by atoms with E-state index in [1.54, 1.807) is 30.3 Å². The maximum atomic E-state index is 13.2. The van der Waals surface area contributed by atoms with Crippen LogP contribution in [-0.2, 0) is 44.8 Å². The van der Waals surface area contributed by atoms with Gasteiger partial charge in [0.15, 0.2) is 0 Å². The highest BCUT2D eigenvalue weighted by Gasteiger charge is 2.31. The van der Waals surface area contributed by atoms with Gasteiger partial charge in [0, 0.05) is 32.6 Å². The fourth-order valence-electron chi connectivity index (χ4n) is 3.76. The van der Waals surface area contributed by atoms with Crippen LogP contribution in [0.15, 0.2) is 30.3 Å². The van der Waals surface area contributed by atoms with Gasteiger partial charge in [-0.05, 0) is 24.8 Å². The zero-order chi connectivity index (χ0) is 31.8. The zero-order valence-electron chi connectivity index (χ0n) is 23.0. The Labute approximate surface area is 240 Å². The lowest BCUT2D eigenvalue weighted by Crippen LogP contribution is -2.58. The van der Waals surface area contributed by atoms with E-state index in [0.717, 1.165) is 0 Å². The van der Waals surface area contributed by atoms with Crippen LogP contribution >= 0.6 is 0 Å². The summed E-state index contributed by atoms with van der Waals surface area (Å²) < 4.78 is 0. The first-order chi connectivity index (χ1) is 19.7. The topological polar surface area (TPSA) is 277 Å². The van der Waals surface area contributed by atoms with Crippen molar-refractivity contribution in [3.8, 4) is 0 Å². The van der Waals surface area contributed by atoms with Crippen LogP contribution in [-0.4, -0.2) is 81.8 Å². The largest absolute Gasteiger partial charge is 0.481 e. The molecule has 6 amide bonds. The third kappa shape index (κ3) is 13.9. The zero-order valence-corrected chi connectivity index (χ0v) is 23.0. The number of carboxylic acid groups (broad SMARTS) is 2. The number of nitrogens with two attached hydrogens (primary N) is 2. The summed E-state index contributed by atoms with van der Waals surface area (Å²) in [5.41, 5.74) is 10.9. The van der Waals surface area contributed by atoms with Crippen molar-refractivity contribution in [1.82, 2.24) is 21.3 Å². The number of carbonyl (C=O) groups excluding carboxylic acids is 6. The molecule has 1 aromatic carbocycles. The van der Waals surface area contributed by atoms with Gasteiger partial charge in [-0.3, -0.25) is 33.6 Å². The van der Waals surface area contributed by atoms with E-state index in [4.69, 9.17) is 16.6 Å². The molecular weight excluding hydrogens is 556 g/mol. The van der Waals surface area contributed by atoms with Crippen LogP contribution in [0.1, 0.15) is 51.0 Å². The number of hydrogen-bond donors (Lipinski definition) is 8. The smallest absolute Gasteiger partial charge is 0.326 e. The number of hydrogen-bond acceptors (Lipinski definition) is 8. The number of benzene rings is 1. The van der Waals surface area contributed by atoms with Crippen molar-refractivity contribution in [2.75, 3.05) is 0 Å². The highest BCUT2D eigenvalue weighted by Crippen LogP contribution is 2.08. The summed E-state index contributed by atoms with van der Waals surface area (Å²) in [5, 5.41) is 27.9. The summed E-state index contributed by atoms with van der Waals surface area (Å²) in [6, 6.07) is 2.90. The number of carboxylic acids is 2. The summed E-state index contributed by atoms with van der Waals surface area (Å²) in [5.74, 6) is -7.81. The van der Waals surface area contributed by atoms with Crippen molar-refractivity contribution in [2.24, 2.45) is 11.5 Å². The number of primary amides is 2. The molecule has 0 aromatic heterocycles. The molecule has 1 rings (SSSR count). The Morgan fingerprint density at radius 1 is 0.643 bits per heavy atom. The second-order valence-corrected chi connectivity index (χ2v) is 9.41. The second kappa shape index (κ2) is 17.6. The van der Waals surface area contributed by atoms with E-state index in [9.17, 15) is 43.5 Å². The molecule has 0 spiro atoms. The number of rotatable bonds is 19. The molecule has 42 heavy (non-hydrogen) atoms. The van der Waals surface area contributed by atoms with Gasteiger partial charge < -0.3 is 42.9 Å². The Balaban J connectivity index is 3.17. The van der Waals surface area contributed by atoms with Crippen LogP contribution in [0.2, 0.25) is 0 Å². The Kier molecular flexibility index (Phi) is 14.7. The van der Waals surface area contributed by atoms with E-state index in [0.29, 0.717) is 5.56 Å². The quantitative estimate of drug-likeness (QED) is 0.0848. The van der Waals surface area contributed by atoms with Gasteiger partial charge in [-0.25, -0.2) is 4.79 Å². The van der Waals surface area contributed by atoms with E-state index in [-0.39, 0.29) is 25.7 Å². The lowest BCUT2D eigenvalue weighted by Gasteiger charge is -2.26. The molecule has 1 aromatic rings. The molecule has 0 aliphatic rings. The monoisotopic (exact) mass is 592 g/mol. The van der Waals surface area contributed by atoms with Gasteiger partial charge in [-0.2, -0.15) is 0 Å². The Morgan fingerprint density at radius 2 is 1.07 bits per heavy atom. The van der Waals surface area contributed by atoms with Gasteiger partial charge in [0.05, 0.1) is 0 Å². The normalized spacial score (nSPS) is 13.4. The average molecular weight is 593 g/mol. The summed E-state index contributed by atoms with van der Waals surface area (Å²) in [7, 11) is 0. The molecule has 0 bridgehead atoms. The minimum Gasteiger partial charge on any atom is -0.481 e. The first kappa shape index (κ1) is 35.0. The Hall–Kier alpha value is -5.02. The summed E-state index contributed by atoms with van der Waals surface area (Å²) in [4.78, 5) is 96.2.